The van der Waals surface area contributed by atoms with Crippen molar-refractivity contribution < 1.29 is 14.7 Å². The van der Waals surface area contributed by atoms with Gasteiger partial charge in [-0.15, -0.1) is 5.10 Å². The highest BCUT2D eigenvalue weighted by atomic mass is 32.2. The number of tetrazole rings is 1. The first-order valence-electron chi connectivity index (χ1n) is 10.5. The van der Waals surface area contributed by atoms with Gasteiger partial charge in [0.25, 0.3) is 5.91 Å². The third-order valence-corrected chi connectivity index (χ3v) is 5.88. The predicted molar refractivity (Wildman–Crippen MR) is 129 cm³/mol. The van der Waals surface area contributed by atoms with E-state index in [1.165, 1.54) is 16.8 Å². The number of phenolic OH excluding ortho intramolecular Hbond substituents is 1. The molecule has 9 nitrogen and oxygen atoms in total. The van der Waals surface area contributed by atoms with E-state index in [1.807, 2.05) is 37.3 Å². The molecule has 4 rings (SSSR count). The highest BCUT2D eigenvalue weighted by Gasteiger charge is 2.17. The van der Waals surface area contributed by atoms with Crippen molar-refractivity contribution in [3.05, 3.63) is 90.0 Å². The van der Waals surface area contributed by atoms with Gasteiger partial charge in [0.15, 0.2) is 0 Å². The largest absolute Gasteiger partial charge is 0.508 e. The Labute approximate surface area is 200 Å². The van der Waals surface area contributed by atoms with Gasteiger partial charge in [-0.05, 0) is 59.3 Å². The average Bonchev–Trinajstić information content (AvgIpc) is 3.32. The summed E-state index contributed by atoms with van der Waals surface area (Å²) in [7, 11) is 0. The number of benzene rings is 3. The lowest BCUT2D eigenvalue weighted by molar-refractivity contribution is -0.113. The molecule has 0 bridgehead atoms. The molecule has 0 aliphatic heterocycles. The number of hydrogen-bond acceptors (Lipinski definition) is 7. The number of aromatic nitrogens is 4. The summed E-state index contributed by atoms with van der Waals surface area (Å²) in [5.74, 6) is -0.418. The van der Waals surface area contributed by atoms with Gasteiger partial charge in [0.2, 0.25) is 11.1 Å². The molecule has 1 heterocycles. The quantitative estimate of drug-likeness (QED) is 0.334. The highest BCUT2D eigenvalue weighted by Crippen LogP contribution is 2.22. The van der Waals surface area contributed by atoms with Crippen LogP contribution in [0.15, 0.2) is 84.0 Å². The summed E-state index contributed by atoms with van der Waals surface area (Å²) in [6.07, 6.45) is 0. The zero-order valence-electron chi connectivity index (χ0n) is 18.3. The number of nitrogens with zero attached hydrogens (tertiary/aromatic N) is 4. The Morgan fingerprint density at radius 1 is 1.00 bits per heavy atom. The van der Waals surface area contributed by atoms with Gasteiger partial charge in [0.1, 0.15) is 5.75 Å². The second-order valence-corrected chi connectivity index (χ2v) is 8.32. The molecule has 2 amide bonds. The second-order valence-electron chi connectivity index (χ2n) is 7.38. The van der Waals surface area contributed by atoms with E-state index >= 15 is 0 Å². The zero-order chi connectivity index (χ0) is 23.9. The van der Waals surface area contributed by atoms with Crippen LogP contribution in [0.25, 0.3) is 5.69 Å². The van der Waals surface area contributed by atoms with Crippen molar-refractivity contribution in [2.75, 3.05) is 11.1 Å². The fraction of sp³-hybridized carbons (Fsp3) is 0.125. The van der Waals surface area contributed by atoms with Crippen LogP contribution in [0.2, 0.25) is 0 Å². The maximum atomic E-state index is 12.9. The summed E-state index contributed by atoms with van der Waals surface area (Å²) in [4.78, 5) is 25.5. The van der Waals surface area contributed by atoms with Gasteiger partial charge in [-0.2, -0.15) is 4.68 Å². The molecule has 0 aliphatic carbocycles. The van der Waals surface area contributed by atoms with Crippen LogP contribution >= 0.6 is 11.8 Å². The Morgan fingerprint density at radius 2 is 1.71 bits per heavy atom. The number of thioether (sulfide) groups is 1. The molecule has 0 fully saturated rings. The minimum atomic E-state index is -0.304. The molecule has 1 unspecified atom stereocenters. The Morgan fingerprint density at radius 3 is 2.47 bits per heavy atom. The van der Waals surface area contributed by atoms with Crippen molar-refractivity contribution in [1.82, 2.24) is 25.5 Å². The molecule has 1 aromatic heterocycles. The number of nitrogens with one attached hydrogen (secondary N) is 2. The zero-order valence-corrected chi connectivity index (χ0v) is 19.1. The number of hydrogen-bond donors (Lipinski definition) is 3. The lowest BCUT2D eigenvalue weighted by atomic mass is 10.1. The van der Waals surface area contributed by atoms with E-state index < -0.39 is 0 Å². The van der Waals surface area contributed by atoms with E-state index in [2.05, 4.69) is 26.2 Å². The summed E-state index contributed by atoms with van der Waals surface area (Å²) >= 11 is 1.15. The lowest BCUT2D eigenvalue weighted by Crippen LogP contribution is -2.28. The second kappa shape index (κ2) is 10.6. The highest BCUT2D eigenvalue weighted by molar-refractivity contribution is 7.99. The summed E-state index contributed by atoms with van der Waals surface area (Å²) in [5, 5.41) is 27.2. The van der Waals surface area contributed by atoms with E-state index in [-0.39, 0.29) is 29.4 Å². The van der Waals surface area contributed by atoms with E-state index in [4.69, 9.17) is 0 Å². The Bertz CT molecular complexity index is 1280. The predicted octanol–water partition coefficient (Wildman–Crippen LogP) is 3.59. The number of aromatic hydroxyl groups is 1. The van der Waals surface area contributed by atoms with Gasteiger partial charge in [-0.25, -0.2) is 0 Å². The number of para-hydroxylation sites is 1. The third kappa shape index (κ3) is 5.59. The van der Waals surface area contributed by atoms with Crippen LogP contribution in [0, 0.1) is 0 Å². The minimum Gasteiger partial charge on any atom is -0.508 e. The Kier molecular flexibility index (Phi) is 7.19. The third-order valence-electron chi connectivity index (χ3n) is 4.96. The van der Waals surface area contributed by atoms with Gasteiger partial charge < -0.3 is 15.7 Å². The SMILES string of the molecule is CC(NC(=O)c1ccccc1NC(=O)CSc1nnnn1-c1ccc(O)cc1)c1ccccc1. The molecule has 3 N–H and O–H groups in total. The fourth-order valence-corrected chi connectivity index (χ4v) is 3.92. The summed E-state index contributed by atoms with van der Waals surface area (Å²) in [6, 6.07) is 22.7. The smallest absolute Gasteiger partial charge is 0.253 e. The van der Waals surface area contributed by atoms with Gasteiger partial charge in [0, 0.05) is 0 Å². The molecule has 0 saturated heterocycles. The first-order valence-corrected chi connectivity index (χ1v) is 11.4. The molecular formula is C24H22N6O3S. The number of phenols is 1. The van der Waals surface area contributed by atoms with Crippen LogP contribution in [0.4, 0.5) is 5.69 Å². The number of carbonyl (C=O) groups is 2. The minimum absolute atomic E-state index is 0.0365. The number of anilines is 1. The normalized spacial score (nSPS) is 11.6. The molecule has 172 valence electrons. The lowest BCUT2D eigenvalue weighted by Gasteiger charge is -2.16. The van der Waals surface area contributed by atoms with E-state index in [1.54, 1.807) is 36.4 Å². The molecular weight excluding hydrogens is 452 g/mol. The van der Waals surface area contributed by atoms with E-state index in [0.29, 0.717) is 22.1 Å². The number of rotatable bonds is 8. The van der Waals surface area contributed by atoms with Gasteiger partial charge >= 0.3 is 0 Å². The molecule has 1 atom stereocenters. The van der Waals surface area contributed by atoms with Crippen molar-refractivity contribution in [3.8, 4) is 11.4 Å². The van der Waals surface area contributed by atoms with Crippen molar-refractivity contribution in [1.29, 1.82) is 0 Å². The fourth-order valence-electron chi connectivity index (χ4n) is 3.23. The van der Waals surface area contributed by atoms with Crippen molar-refractivity contribution >= 4 is 29.3 Å². The molecule has 0 saturated carbocycles. The van der Waals surface area contributed by atoms with Gasteiger partial charge in [-0.1, -0.05) is 54.2 Å². The Balaban J connectivity index is 1.39. The van der Waals surface area contributed by atoms with Gasteiger partial charge in [0.05, 0.1) is 28.7 Å². The van der Waals surface area contributed by atoms with E-state index in [9.17, 15) is 14.7 Å². The first kappa shape index (κ1) is 23.0. The van der Waals surface area contributed by atoms with Crippen LogP contribution in [-0.4, -0.2) is 42.9 Å². The summed E-state index contributed by atoms with van der Waals surface area (Å²) < 4.78 is 1.48. The monoisotopic (exact) mass is 474 g/mol. The van der Waals surface area contributed by atoms with Crippen molar-refractivity contribution in [2.24, 2.45) is 0 Å². The van der Waals surface area contributed by atoms with Crippen LogP contribution in [0.1, 0.15) is 28.9 Å². The molecule has 0 aliphatic rings. The van der Waals surface area contributed by atoms with E-state index in [0.717, 1.165) is 17.3 Å². The number of amides is 2. The average molecular weight is 475 g/mol. The standard InChI is InChI=1S/C24H22N6O3S/c1-16(17-7-3-2-4-8-17)25-23(33)20-9-5-6-10-21(20)26-22(32)15-34-24-27-28-29-30(24)18-11-13-19(31)14-12-18/h2-14,16,31H,15H2,1H3,(H,25,33)(H,26,32). The van der Waals surface area contributed by atoms with Crippen LogP contribution in [-0.2, 0) is 4.79 Å². The molecule has 0 radical (unpaired) electrons. The van der Waals surface area contributed by atoms with Gasteiger partial charge in [-0.3, -0.25) is 9.59 Å². The molecule has 3 aromatic carbocycles. The van der Waals surface area contributed by atoms with Crippen LogP contribution in [0.5, 0.6) is 5.75 Å². The first-order chi connectivity index (χ1) is 16.5. The Hall–Kier alpha value is -4.18. The maximum Gasteiger partial charge on any atom is 0.253 e. The van der Waals surface area contributed by atoms with Crippen LogP contribution in [0.3, 0.4) is 0 Å². The summed E-state index contributed by atoms with van der Waals surface area (Å²) in [6.45, 7) is 1.91. The molecule has 34 heavy (non-hydrogen) atoms. The molecule has 4 aromatic rings. The molecule has 0 spiro atoms. The maximum absolute atomic E-state index is 12.9. The number of carbonyl (C=O) groups excluding carboxylic acids is 2. The topological polar surface area (TPSA) is 122 Å². The van der Waals surface area contributed by atoms with Crippen LogP contribution < -0.4 is 10.6 Å². The van der Waals surface area contributed by atoms with Crippen molar-refractivity contribution in [3.63, 3.8) is 0 Å². The van der Waals surface area contributed by atoms with Crippen molar-refractivity contribution in [2.45, 2.75) is 18.1 Å². The molecule has 10 heteroatoms. The summed E-state index contributed by atoms with van der Waals surface area (Å²) in [5.41, 5.74) is 2.43.